The average molecular weight is 736 g/mol. The van der Waals surface area contributed by atoms with Crippen LogP contribution in [0.15, 0.2) is 85.1 Å². The summed E-state index contributed by atoms with van der Waals surface area (Å²) in [6, 6.07) is 25.8. The number of likely N-dealkylation sites (N-methyl/N-ethyl adjacent to an activating group) is 1. The van der Waals surface area contributed by atoms with Crippen LogP contribution in [0.25, 0.3) is 0 Å². The van der Waals surface area contributed by atoms with Crippen LogP contribution in [0.5, 0.6) is 0 Å². The summed E-state index contributed by atoms with van der Waals surface area (Å²) in [7, 11) is -1.12. The molecule has 12 nitrogen and oxygen atoms in total. The van der Waals surface area contributed by atoms with Crippen LogP contribution in [-0.2, 0) is 26.5 Å². The number of anilines is 3. The molecule has 0 aliphatic carbocycles. The van der Waals surface area contributed by atoms with Gasteiger partial charge in [0.2, 0.25) is 0 Å². The van der Waals surface area contributed by atoms with Crippen LogP contribution in [0.1, 0.15) is 48.9 Å². The molecule has 4 aliphatic heterocycles. The first kappa shape index (κ1) is 35.6. The molecule has 0 saturated carbocycles. The molecule has 0 radical (unpaired) electrons. The Hall–Kier alpha value is -4.40. The number of piperidine rings is 1. The predicted octanol–water partition coefficient (Wildman–Crippen LogP) is 4.20. The molecule has 2 amide bonds. The van der Waals surface area contributed by atoms with Gasteiger partial charge >= 0.3 is 0 Å². The summed E-state index contributed by atoms with van der Waals surface area (Å²) in [5, 5.41) is 22.4. The van der Waals surface area contributed by atoms with Crippen molar-refractivity contribution in [2.75, 3.05) is 48.1 Å². The van der Waals surface area contributed by atoms with Gasteiger partial charge in [0.1, 0.15) is 5.54 Å². The van der Waals surface area contributed by atoms with Crippen molar-refractivity contribution in [2.45, 2.75) is 74.5 Å². The van der Waals surface area contributed by atoms with Crippen LogP contribution in [0.2, 0.25) is 18.6 Å². The molecular formula is C40H49N7O5Si. The number of aliphatic hydroxyl groups excluding tert-OH is 1. The number of benzene rings is 3. The van der Waals surface area contributed by atoms with Crippen molar-refractivity contribution in [3.05, 3.63) is 102 Å². The Kier molecular flexibility index (Phi) is 9.05. The van der Waals surface area contributed by atoms with Gasteiger partial charge in [0.25, 0.3) is 11.8 Å². The van der Waals surface area contributed by atoms with Gasteiger partial charge in [-0.15, -0.1) is 5.10 Å². The number of carbonyl (C=O) groups is 2. The Balaban J connectivity index is 1.11. The second kappa shape index (κ2) is 13.5. The summed E-state index contributed by atoms with van der Waals surface area (Å²) in [5.41, 5.74) is 2.63. The maximum atomic E-state index is 14.6. The molecule has 0 bridgehead atoms. The molecule has 5 atom stereocenters. The molecule has 5 heterocycles. The Morgan fingerprint density at radius 3 is 2.36 bits per heavy atom. The van der Waals surface area contributed by atoms with Gasteiger partial charge in [0, 0.05) is 48.2 Å². The standard InChI is InChI=1S/C40H49N7O5Si/c1-27-36(53(3,4)51)35(17-22-45-24-33(42-43-45)31(25-48)28-11-7-5-8-12-28)52-40(27)32-23-30(15-16-34(32)44(2)38(40)50)46-26-47(29-13-9-6-10-14-29)39(37(46)49)18-20-41-21-19-39/h5-16,23-24,27,31,35-36,41,48,51H,17-22,25-26H2,1-4H3/t27-,31?,35+,36-,40+/m0/s1. The quantitative estimate of drug-likeness (QED) is 0.216. The molecule has 1 unspecified atom stereocenters. The largest absolute Gasteiger partial charge is 0.432 e. The lowest BCUT2D eigenvalue weighted by molar-refractivity contribution is -0.145. The Morgan fingerprint density at radius 1 is 0.981 bits per heavy atom. The fraction of sp³-hybridized carbons (Fsp3) is 0.450. The number of rotatable bonds is 9. The first-order valence-corrected chi connectivity index (χ1v) is 21.8. The first-order valence-electron chi connectivity index (χ1n) is 18.7. The summed E-state index contributed by atoms with van der Waals surface area (Å²) in [4.78, 5) is 46.6. The molecule has 4 aliphatic rings. The van der Waals surface area contributed by atoms with Crippen LogP contribution in [0.4, 0.5) is 17.1 Å². The van der Waals surface area contributed by atoms with E-state index in [0.717, 1.165) is 41.3 Å². The van der Waals surface area contributed by atoms with E-state index in [4.69, 9.17) is 4.74 Å². The number of aryl methyl sites for hydroxylation is 1. The summed E-state index contributed by atoms with van der Waals surface area (Å²) in [6.07, 6.45) is 3.33. The Bertz CT molecular complexity index is 1980. The molecule has 2 spiro atoms. The van der Waals surface area contributed by atoms with E-state index in [2.05, 4.69) is 32.7 Å². The second-order valence-electron chi connectivity index (χ2n) is 15.7. The zero-order chi connectivity index (χ0) is 37.1. The zero-order valence-electron chi connectivity index (χ0n) is 30.9. The number of nitrogens with one attached hydrogen (secondary N) is 1. The second-order valence-corrected chi connectivity index (χ2v) is 19.7. The molecule has 3 N–H and O–H groups in total. The highest BCUT2D eigenvalue weighted by Crippen LogP contribution is 2.60. The minimum atomic E-state index is -2.89. The smallest absolute Gasteiger partial charge is 0.264 e. The summed E-state index contributed by atoms with van der Waals surface area (Å²) in [6.45, 7) is 8.16. The van der Waals surface area contributed by atoms with Gasteiger partial charge in [-0.1, -0.05) is 60.7 Å². The van der Waals surface area contributed by atoms with Crippen molar-refractivity contribution in [3.8, 4) is 0 Å². The minimum Gasteiger partial charge on any atom is -0.432 e. The highest BCUT2D eigenvalue weighted by Gasteiger charge is 2.66. The molecular weight excluding hydrogens is 687 g/mol. The number of nitrogens with zero attached hydrogens (tertiary/aromatic N) is 6. The van der Waals surface area contributed by atoms with Gasteiger partial charge in [-0.2, -0.15) is 0 Å². The third-order valence-corrected chi connectivity index (χ3v) is 14.8. The van der Waals surface area contributed by atoms with E-state index < -0.39 is 25.6 Å². The number of fused-ring (bicyclic) bond motifs is 2. The zero-order valence-corrected chi connectivity index (χ0v) is 31.9. The van der Waals surface area contributed by atoms with E-state index in [1.54, 1.807) is 16.6 Å². The van der Waals surface area contributed by atoms with Gasteiger partial charge in [0.05, 0.1) is 36.7 Å². The number of ether oxygens (including phenoxy) is 1. The monoisotopic (exact) mass is 735 g/mol. The van der Waals surface area contributed by atoms with Gasteiger partial charge in [0.15, 0.2) is 13.9 Å². The van der Waals surface area contributed by atoms with E-state index in [-0.39, 0.29) is 35.8 Å². The van der Waals surface area contributed by atoms with Crippen molar-refractivity contribution in [2.24, 2.45) is 5.92 Å². The SMILES string of the molecule is C[C@H]1[C@H]([Si](C)(C)O)[C@@H](CCn2cc(C(CO)c3ccccc3)nn2)O[C@]12C(=O)N(C)c1ccc(N3CN(c4ccccc4)C4(CCNCC4)C3=O)cc12. The number of aromatic nitrogens is 3. The maximum Gasteiger partial charge on any atom is 0.264 e. The van der Waals surface area contributed by atoms with E-state index in [1.165, 1.54) is 0 Å². The molecule has 1 aromatic heterocycles. The number of hydrogen-bond donors (Lipinski definition) is 3. The van der Waals surface area contributed by atoms with Crippen molar-refractivity contribution < 1.29 is 24.2 Å². The third-order valence-electron chi connectivity index (χ3n) is 12.3. The van der Waals surface area contributed by atoms with Crippen molar-refractivity contribution in [3.63, 3.8) is 0 Å². The van der Waals surface area contributed by atoms with E-state index >= 15 is 0 Å². The summed E-state index contributed by atoms with van der Waals surface area (Å²) >= 11 is 0. The average Bonchev–Trinajstić information content (AvgIpc) is 3.88. The lowest BCUT2D eigenvalue weighted by Gasteiger charge is -2.39. The van der Waals surface area contributed by atoms with Gasteiger partial charge in [-0.05, 0) is 81.3 Å². The minimum absolute atomic E-state index is 0.0671. The number of amides is 2. The normalized spacial score (nSPS) is 25.9. The topological polar surface area (TPSA) is 136 Å². The molecule has 3 fully saturated rings. The van der Waals surface area contributed by atoms with Crippen LogP contribution in [0, 0.1) is 5.92 Å². The number of aliphatic hydroxyl groups is 1. The maximum absolute atomic E-state index is 14.6. The molecule has 4 aromatic rings. The van der Waals surface area contributed by atoms with E-state index in [1.807, 2.05) is 97.8 Å². The number of para-hydroxylation sites is 1. The van der Waals surface area contributed by atoms with Crippen LogP contribution >= 0.6 is 0 Å². The Labute approximate surface area is 311 Å². The molecule has 3 saturated heterocycles. The van der Waals surface area contributed by atoms with Crippen molar-refractivity contribution in [1.29, 1.82) is 0 Å². The van der Waals surface area contributed by atoms with E-state index in [0.29, 0.717) is 38.2 Å². The van der Waals surface area contributed by atoms with Crippen LogP contribution in [-0.4, -0.2) is 90.1 Å². The highest BCUT2D eigenvalue weighted by molar-refractivity contribution is 6.71. The third kappa shape index (κ3) is 5.71. The highest BCUT2D eigenvalue weighted by atomic mass is 28.4. The Morgan fingerprint density at radius 2 is 1.68 bits per heavy atom. The van der Waals surface area contributed by atoms with Gasteiger partial charge < -0.3 is 29.8 Å². The summed E-state index contributed by atoms with van der Waals surface area (Å²) < 4.78 is 8.80. The molecule has 278 valence electrons. The number of hydrogen-bond acceptors (Lipinski definition) is 9. The van der Waals surface area contributed by atoms with E-state index in [9.17, 15) is 19.5 Å². The fourth-order valence-corrected chi connectivity index (χ4v) is 12.3. The van der Waals surface area contributed by atoms with Crippen LogP contribution in [0.3, 0.4) is 0 Å². The lowest BCUT2D eigenvalue weighted by atomic mass is 9.82. The molecule has 53 heavy (non-hydrogen) atoms. The number of carbonyl (C=O) groups excluding carboxylic acids is 2. The van der Waals surface area contributed by atoms with Crippen molar-refractivity contribution in [1.82, 2.24) is 20.3 Å². The molecule has 8 rings (SSSR count). The first-order chi connectivity index (χ1) is 25.5. The molecule has 13 heteroatoms. The van der Waals surface area contributed by atoms with Gasteiger partial charge in [-0.25, -0.2) is 0 Å². The lowest BCUT2D eigenvalue weighted by Crippen LogP contribution is -2.55. The predicted molar refractivity (Wildman–Crippen MR) is 205 cm³/mol. The van der Waals surface area contributed by atoms with Crippen molar-refractivity contribution >= 4 is 37.2 Å². The summed E-state index contributed by atoms with van der Waals surface area (Å²) in [5.74, 6) is -0.720. The van der Waals surface area contributed by atoms with Crippen LogP contribution < -0.4 is 20.0 Å². The fourth-order valence-electron chi connectivity index (χ4n) is 9.67. The molecule has 3 aromatic carbocycles. The van der Waals surface area contributed by atoms with Gasteiger partial charge in [-0.3, -0.25) is 19.2 Å².